The molecule has 0 amide bonds. The maximum absolute atomic E-state index is 12.0. The van der Waals surface area contributed by atoms with Crippen molar-refractivity contribution in [2.45, 2.75) is 37.0 Å². The summed E-state index contributed by atoms with van der Waals surface area (Å²) in [5.74, 6) is 1.48. The molecule has 0 saturated heterocycles. The van der Waals surface area contributed by atoms with Gasteiger partial charge in [-0.15, -0.1) is 0 Å². The van der Waals surface area contributed by atoms with Crippen LogP contribution in [0.4, 0.5) is 0 Å². The van der Waals surface area contributed by atoms with Crippen LogP contribution in [0.15, 0.2) is 57.9 Å². The fourth-order valence-electron chi connectivity index (χ4n) is 3.50. The van der Waals surface area contributed by atoms with Gasteiger partial charge in [-0.3, -0.25) is 0 Å². The van der Waals surface area contributed by atoms with Crippen molar-refractivity contribution in [1.29, 1.82) is 0 Å². The molecule has 1 atom stereocenters. The summed E-state index contributed by atoms with van der Waals surface area (Å²) in [4.78, 5) is 4.91. The first-order valence-electron chi connectivity index (χ1n) is 8.79. The van der Waals surface area contributed by atoms with Crippen molar-refractivity contribution in [3.63, 3.8) is 0 Å². The third-order valence-electron chi connectivity index (χ3n) is 4.92. The maximum Gasteiger partial charge on any atom is 0.231 e. The van der Waals surface area contributed by atoms with E-state index in [-0.39, 0.29) is 11.7 Å². The van der Waals surface area contributed by atoms with Gasteiger partial charge in [-0.2, -0.15) is 4.98 Å². The molecular weight excluding hydrogens is 348 g/mol. The van der Waals surface area contributed by atoms with E-state index in [0.717, 1.165) is 18.4 Å². The highest BCUT2D eigenvalue weighted by molar-refractivity contribution is 7.91. The second-order valence-electron chi connectivity index (χ2n) is 6.56. The van der Waals surface area contributed by atoms with Crippen molar-refractivity contribution in [2.75, 3.05) is 5.75 Å². The van der Waals surface area contributed by atoms with Gasteiger partial charge in [0.2, 0.25) is 5.89 Å². The molecule has 0 saturated carbocycles. The van der Waals surface area contributed by atoms with Crippen molar-refractivity contribution < 1.29 is 12.9 Å². The van der Waals surface area contributed by atoms with Gasteiger partial charge in [-0.05, 0) is 41.7 Å². The SMILES string of the molecule is CCS(=O)(=O)c1cccc(Cc2nc(C3CCc4ccccc43)no2)c1. The molecule has 2 aromatic carbocycles. The van der Waals surface area contributed by atoms with E-state index >= 15 is 0 Å². The molecule has 1 aliphatic rings. The van der Waals surface area contributed by atoms with Crippen LogP contribution in [0.1, 0.15) is 47.7 Å². The van der Waals surface area contributed by atoms with Crippen molar-refractivity contribution in [3.8, 4) is 0 Å². The van der Waals surface area contributed by atoms with E-state index in [1.54, 1.807) is 25.1 Å². The summed E-state index contributed by atoms with van der Waals surface area (Å²) < 4.78 is 29.5. The number of hydrogen-bond donors (Lipinski definition) is 0. The number of fused-ring (bicyclic) bond motifs is 1. The summed E-state index contributed by atoms with van der Waals surface area (Å²) in [5, 5.41) is 4.18. The second kappa shape index (κ2) is 6.68. The number of benzene rings is 2. The van der Waals surface area contributed by atoms with E-state index in [4.69, 9.17) is 4.52 Å². The molecule has 6 heteroatoms. The molecule has 0 fully saturated rings. The Morgan fingerprint density at radius 1 is 1.15 bits per heavy atom. The first-order valence-corrected chi connectivity index (χ1v) is 10.4. The Kier molecular flexibility index (Phi) is 4.36. The highest BCUT2D eigenvalue weighted by atomic mass is 32.2. The van der Waals surface area contributed by atoms with E-state index < -0.39 is 9.84 Å². The zero-order valence-electron chi connectivity index (χ0n) is 14.6. The number of rotatable bonds is 5. The van der Waals surface area contributed by atoms with E-state index in [1.807, 2.05) is 12.1 Å². The van der Waals surface area contributed by atoms with Crippen LogP contribution in [-0.2, 0) is 22.7 Å². The van der Waals surface area contributed by atoms with Gasteiger partial charge in [0, 0.05) is 5.92 Å². The van der Waals surface area contributed by atoms with E-state index in [9.17, 15) is 8.42 Å². The van der Waals surface area contributed by atoms with Crippen LogP contribution < -0.4 is 0 Å². The Hall–Kier alpha value is -2.47. The molecule has 0 bridgehead atoms. The fraction of sp³-hybridized carbons (Fsp3) is 0.300. The molecule has 0 radical (unpaired) electrons. The van der Waals surface area contributed by atoms with Crippen LogP contribution in [0, 0.1) is 0 Å². The first kappa shape index (κ1) is 17.0. The number of nitrogens with zero attached hydrogens (tertiary/aromatic N) is 2. The lowest BCUT2D eigenvalue weighted by Crippen LogP contribution is -2.04. The number of sulfone groups is 1. The smallest absolute Gasteiger partial charge is 0.231 e. The first-order chi connectivity index (χ1) is 12.6. The lowest BCUT2D eigenvalue weighted by atomic mass is 10.0. The zero-order valence-corrected chi connectivity index (χ0v) is 15.4. The molecule has 3 aromatic rings. The predicted octanol–water partition coefficient (Wildman–Crippen LogP) is 3.53. The van der Waals surface area contributed by atoms with Gasteiger partial charge in [0.1, 0.15) is 0 Å². The highest BCUT2D eigenvalue weighted by Gasteiger charge is 2.27. The van der Waals surface area contributed by atoms with Gasteiger partial charge in [0.05, 0.1) is 17.1 Å². The fourth-order valence-corrected chi connectivity index (χ4v) is 4.45. The third-order valence-corrected chi connectivity index (χ3v) is 6.65. The van der Waals surface area contributed by atoms with E-state index in [0.29, 0.717) is 23.0 Å². The third kappa shape index (κ3) is 3.17. The summed E-state index contributed by atoms with van der Waals surface area (Å²) >= 11 is 0. The van der Waals surface area contributed by atoms with Gasteiger partial charge in [-0.1, -0.05) is 48.5 Å². The molecule has 1 aliphatic carbocycles. The molecule has 134 valence electrons. The van der Waals surface area contributed by atoms with Gasteiger partial charge in [0.15, 0.2) is 15.7 Å². The summed E-state index contributed by atoms with van der Waals surface area (Å²) in [6.45, 7) is 1.64. The van der Waals surface area contributed by atoms with Gasteiger partial charge >= 0.3 is 0 Å². The van der Waals surface area contributed by atoms with Crippen LogP contribution in [-0.4, -0.2) is 24.3 Å². The van der Waals surface area contributed by atoms with Crippen LogP contribution in [0.5, 0.6) is 0 Å². The van der Waals surface area contributed by atoms with Crippen LogP contribution >= 0.6 is 0 Å². The minimum atomic E-state index is -3.22. The Morgan fingerprint density at radius 2 is 2.00 bits per heavy atom. The van der Waals surface area contributed by atoms with Gasteiger partial charge in [-0.25, -0.2) is 8.42 Å². The van der Waals surface area contributed by atoms with Gasteiger partial charge < -0.3 is 4.52 Å². The molecule has 1 aromatic heterocycles. The minimum absolute atomic E-state index is 0.0856. The Labute approximate surface area is 153 Å². The van der Waals surface area contributed by atoms with Crippen molar-refractivity contribution in [1.82, 2.24) is 10.1 Å². The maximum atomic E-state index is 12.0. The quantitative estimate of drug-likeness (QED) is 0.689. The monoisotopic (exact) mass is 368 g/mol. The molecule has 0 spiro atoms. The Morgan fingerprint density at radius 3 is 2.85 bits per heavy atom. The van der Waals surface area contributed by atoms with Crippen LogP contribution in [0.2, 0.25) is 0 Å². The molecule has 26 heavy (non-hydrogen) atoms. The van der Waals surface area contributed by atoms with E-state index in [2.05, 4.69) is 28.3 Å². The molecule has 0 N–H and O–H groups in total. The predicted molar refractivity (Wildman–Crippen MR) is 97.9 cm³/mol. The van der Waals surface area contributed by atoms with Crippen LogP contribution in [0.25, 0.3) is 0 Å². The standard InChI is InChI=1S/C20H20N2O3S/c1-2-26(23,24)16-8-5-6-14(12-16)13-19-21-20(22-25-19)18-11-10-15-7-3-4-9-17(15)18/h3-9,12,18H,2,10-11,13H2,1H3. The van der Waals surface area contributed by atoms with Crippen molar-refractivity contribution in [2.24, 2.45) is 0 Å². The number of aromatic nitrogens is 2. The largest absolute Gasteiger partial charge is 0.339 e. The average Bonchev–Trinajstić information content (AvgIpc) is 3.28. The average molecular weight is 368 g/mol. The summed E-state index contributed by atoms with van der Waals surface area (Å²) in [6, 6.07) is 15.3. The lowest BCUT2D eigenvalue weighted by Gasteiger charge is -2.05. The summed E-state index contributed by atoms with van der Waals surface area (Å²) in [7, 11) is -3.22. The topological polar surface area (TPSA) is 73.1 Å². The lowest BCUT2D eigenvalue weighted by molar-refractivity contribution is 0.377. The Bertz CT molecular complexity index is 1040. The van der Waals surface area contributed by atoms with Crippen LogP contribution in [0.3, 0.4) is 0 Å². The summed E-state index contributed by atoms with van der Waals surface area (Å²) in [5.41, 5.74) is 3.47. The number of aryl methyl sites for hydroxylation is 1. The highest BCUT2D eigenvalue weighted by Crippen LogP contribution is 2.36. The Balaban J connectivity index is 1.56. The molecule has 0 aliphatic heterocycles. The molecule has 1 unspecified atom stereocenters. The normalized spacial score (nSPS) is 16.6. The van der Waals surface area contributed by atoms with Crippen molar-refractivity contribution in [3.05, 3.63) is 76.9 Å². The summed E-state index contributed by atoms with van der Waals surface area (Å²) in [6.07, 6.45) is 2.44. The zero-order chi connectivity index (χ0) is 18.1. The molecule has 5 nitrogen and oxygen atoms in total. The molecule has 1 heterocycles. The number of hydrogen-bond acceptors (Lipinski definition) is 5. The molecular formula is C20H20N2O3S. The van der Waals surface area contributed by atoms with E-state index in [1.165, 1.54) is 11.1 Å². The van der Waals surface area contributed by atoms with Crippen molar-refractivity contribution >= 4 is 9.84 Å². The molecule has 4 rings (SSSR count). The minimum Gasteiger partial charge on any atom is -0.339 e. The second-order valence-corrected chi connectivity index (χ2v) is 8.84. The van der Waals surface area contributed by atoms with Gasteiger partial charge in [0.25, 0.3) is 0 Å².